The Morgan fingerprint density at radius 2 is 0.953 bits per heavy atom. The van der Waals surface area contributed by atoms with Gasteiger partial charge in [-0.15, -0.1) is 0 Å². The average Bonchev–Trinajstić information content (AvgIpc) is 3.30. The molecule has 1 rings (SSSR count). The first-order chi connectivity index (χ1) is 31.4. The first-order valence-electron chi connectivity index (χ1n) is 26.0. The third kappa shape index (κ3) is 35.8. The summed E-state index contributed by atoms with van der Waals surface area (Å²) in [5, 5.41) is 40.2. The molecule has 6 unspecified atom stereocenters. The summed E-state index contributed by atoms with van der Waals surface area (Å²) in [5.74, 6) is -0.323. The summed E-state index contributed by atoms with van der Waals surface area (Å²) in [6.07, 6.45) is 53.6. The molecule has 1 heterocycles. The van der Waals surface area contributed by atoms with Crippen LogP contribution in [0.5, 0.6) is 0 Å². The normalized spacial score (nSPS) is 20.1. The quantitative estimate of drug-likeness (QED) is 0.0268. The number of aliphatic hydroxyl groups excluding tert-OH is 4. The summed E-state index contributed by atoms with van der Waals surface area (Å²) in [4.78, 5) is 12.8. The van der Waals surface area contributed by atoms with Crippen molar-refractivity contribution in [2.24, 2.45) is 0 Å². The Hall–Kier alpha value is -2.37. The maximum absolute atomic E-state index is 12.8. The number of esters is 1. The van der Waals surface area contributed by atoms with E-state index in [0.29, 0.717) is 13.0 Å². The minimum Gasteiger partial charge on any atom is -0.457 e. The highest BCUT2D eigenvalue weighted by Gasteiger charge is 2.44. The zero-order valence-electron chi connectivity index (χ0n) is 40.8. The van der Waals surface area contributed by atoms with Gasteiger partial charge in [-0.3, -0.25) is 4.79 Å². The van der Waals surface area contributed by atoms with Crippen molar-refractivity contribution >= 4 is 5.97 Å². The van der Waals surface area contributed by atoms with Gasteiger partial charge >= 0.3 is 5.97 Å². The van der Waals surface area contributed by atoms with E-state index >= 15 is 0 Å². The number of carbonyl (C=O) groups excluding carboxylic acids is 1. The van der Waals surface area contributed by atoms with Crippen molar-refractivity contribution in [2.75, 3.05) is 26.4 Å². The van der Waals surface area contributed by atoms with Crippen LogP contribution in [0, 0.1) is 0 Å². The van der Waals surface area contributed by atoms with Gasteiger partial charge in [-0.05, 0) is 83.5 Å². The van der Waals surface area contributed by atoms with Crippen LogP contribution in [-0.4, -0.2) is 89.6 Å². The van der Waals surface area contributed by atoms with Crippen LogP contribution in [0.3, 0.4) is 0 Å². The topological polar surface area (TPSA) is 135 Å². The van der Waals surface area contributed by atoms with Gasteiger partial charge < -0.3 is 39.4 Å². The van der Waals surface area contributed by atoms with Gasteiger partial charge in [0.1, 0.15) is 30.5 Å². The number of hydrogen-bond donors (Lipinski definition) is 4. The number of unbranched alkanes of at least 4 members (excludes halogenated alkanes) is 21. The van der Waals surface area contributed by atoms with Crippen molar-refractivity contribution in [1.82, 2.24) is 0 Å². The molecule has 1 fully saturated rings. The van der Waals surface area contributed by atoms with Crippen LogP contribution < -0.4 is 0 Å². The lowest BCUT2D eigenvalue weighted by molar-refractivity contribution is -0.305. The second-order valence-corrected chi connectivity index (χ2v) is 17.6. The van der Waals surface area contributed by atoms with Gasteiger partial charge in [0.2, 0.25) is 0 Å². The molecule has 0 saturated carbocycles. The second-order valence-electron chi connectivity index (χ2n) is 17.6. The van der Waals surface area contributed by atoms with Crippen molar-refractivity contribution in [3.63, 3.8) is 0 Å². The molecule has 9 heteroatoms. The summed E-state index contributed by atoms with van der Waals surface area (Å²) in [5.41, 5.74) is 0. The zero-order valence-corrected chi connectivity index (χ0v) is 40.8. The lowest BCUT2D eigenvalue weighted by Gasteiger charge is -2.39. The van der Waals surface area contributed by atoms with E-state index in [1.165, 1.54) is 109 Å². The number of aliphatic hydroxyl groups is 4. The highest BCUT2D eigenvalue weighted by atomic mass is 16.7. The standard InChI is InChI=1S/C55H96O9/c1-3-5-7-9-11-13-15-17-19-21-22-23-24-25-26-27-28-29-30-32-34-36-38-40-42-44-51(57)63-49(48-62-55-54(60)53(59)52(58)50(46-56)64-55)47-61-45-43-41-39-37-35-33-31-20-18-16-14-12-10-8-6-4-2/h5,7,11,13,17-20,22-23,25-26,49-50,52-56,58-60H,3-4,6,8-10,12,14-16,21,24,27-48H2,1-2H3/b7-5-,13-11-,19-17-,20-18-,23-22-,26-25-. The molecule has 1 aliphatic heterocycles. The van der Waals surface area contributed by atoms with Crippen molar-refractivity contribution in [2.45, 2.75) is 243 Å². The molecule has 0 aromatic heterocycles. The molecule has 64 heavy (non-hydrogen) atoms. The zero-order chi connectivity index (χ0) is 46.4. The van der Waals surface area contributed by atoms with Crippen LogP contribution >= 0.6 is 0 Å². The van der Waals surface area contributed by atoms with Crippen LogP contribution in [0.2, 0.25) is 0 Å². The fourth-order valence-corrected chi connectivity index (χ4v) is 7.57. The molecule has 0 aliphatic carbocycles. The van der Waals surface area contributed by atoms with E-state index in [9.17, 15) is 25.2 Å². The maximum atomic E-state index is 12.8. The minimum atomic E-state index is -1.54. The minimum absolute atomic E-state index is 0.121. The van der Waals surface area contributed by atoms with Crippen LogP contribution in [0.25, 0.3) is 0 Å². The molecule has 0 radical (unpaired) electrons. The molecule has 0 spiro atoms. The molecular weight excluding hydrogens is 805 g/mol. The molecule has 370 valence electrons. The number of hydrogen-bond acceptors (Lipinski definition) is 9. The molecule has 9 nitrogen and oxygen atoms in total. The third-order valence-electron chi connectivity index (χ3n) is 11.6. The third-order valence-corrected chi connectivity index (χ3v) is 11.6. The number of carbonyl (C=O) groups is 1. The SMILES string of the molecule is CC/C=C\C/C=C\C/C=C\C/C=C\C/C=C\CCCCCCCCCCCC(=O)OC(COCCCCCCCC/C=C\CCCCCCCC)COC1OC(CO)C(O)C(O)C1O. The molecular formula is C55H96O9. The summed E-state index contributed by atoms with van der Waals surface area (Å²) in [6.45, 7) is 4.43. The number of allylic oxidation sites excluding steroid dienone is 12. The summed E-state index contributed by atoms with van der Waals surface area (Å²) < 4.78 is 22.9. The summed E-state index contributed by atoms with van der Waals surface area (Å²) in [6, 6.07) is 0. The predicted molar refractivity (Wildman–Crippen MR) is 265 cm³/mol. The van der Waals surface area contributed by atoms with E-state index in [2.05, 4.69) is 86.8 Å². The van der Waals surface area contributed by atoms with Crippen LogP contribution in [0.4, 0.5) is 0 Å². The molecule has 0 aromatic carbocycles. The first kappa shape index (κ1) is 59.6. The fraction of sp³-hybridized carbons (Fsp3) is 0.764. The molecule has 6 atom stereocenters. The van der Waals surface area contributed by atoms with Gasteiger partial charge in [0.05, 0.1) is 19.8 Å². The fourth-order valence-electron chi connectivity index (χ4n) is 7.57. The van der Waals surface area contributed by atoms with Gasteiger partial charge in [0, 0.05) is 13.0 Å². The van der Waals surface area contributed by atoms with Crippen molar-refractivity contribution in [1.29, 1.82) is 0 Å². The number of rotatable bonds is 44. The van der Waals surface area contributed by atoms with Crippen LogP contribution in [-0.2, 0) is 23.7 Å². The van der Waals surface area contributed by atoms with E-state index in [4.69, 9.17) is 18.9 Å². The summed E-state index contributed by atoms with van der Waals surface area (Å²) >= 11 is 0. The van der Waals surface area contributed by atoms with Crippen molar-refractivity contribution in [3.05, 3.63) is 72.9 Å². The lowest BCUT2D eigenvalue weighted by atomic mass is 9.99. The van der Waals surface area contributed by atoms with E-state index in [1.807, 2.05) is 0 Å². The van der Waals surface area contributed by atoms with E-state index in [1.54, 1.807) is 0 Å². The van der Waals surface area contributed by atoms with Crippen LogP contribution in [0.1, 0.15) is 206 Å². The largest absolute Gasteiger partial charge is 0.457 e. The maximum Gasteiger partial charge on any atom is 0.306 e. The molecule has 0 aromatic rings. The molecule has 0 bridgehead atoms. The van der Waals surface area contributed by atoms with Crippen LogP contribution in [0.15, 0.2) is 72.9 Å². The van der Waals surface area contributed by atoms with Gasteiger partial charge in [-0.25, -0.2) is 0 Å². The van der Waals surface area contributed by atoms with Gasteiger partial charge in [0.25, 0.3) is 0 Å². The monoisotopic (exact) mass is 901 g/mol. The van der Waals surface area contributed by atoms with Gasteiger partial charge in [-0.1, -0.05) is 189 Å². The predicted octanol–water partition coefficient (Wildman–Crippen LogP) is 12.8. The average molecular weight is 901 g/mol. The number of ether oxygens (including phenoxy) is 4. The molecule has 1 saturated heterocycles. The summed E-state index contributed by atoms with van der Waals surface area (Å²) in [7, 11) is 0. The smallest absolute Gasteiger partial charge is 0.306 e. The molecule has 0 amide bonds. The van der Waals surface area contributed by atoms with E-state index in [0.717, 1.165) is 77.0 Å². The Morgan fingerprint density at radius 1 is 0.516 bits per heavy atom. The molecule has 4 N–H and O–H groups in total. The Labute approximate surface area is 391 Å². The van der Waals surface area contributed by atoms with Gasteiger partial charge in [-0.2, -0.15) is 0 Å². The Bertz CT molecular complexity index is 1210. The van der Waals surface area contributed by atoms with Crippen molar-refractivity contribution in [3.8, 4) is 0 Å². The van der Waals surface area contributed by atoms with Gasteiger partial charge in [0.15, 0.2) is 6.29 Å². The van der Waals surface area contributed by atoms with Crippen molar-refractivity contribution < 1.29 is 44.2 Å². The van der Waals surface area contributed by atoms with E-state index < -0.39 is 43.4 Å². The lowest BCUT2D eigenvalue weighted by Crippen LogP contribution is -2.59. The first-order valence-corrected chi connectivity index (χ1v) is 26.0. The second kappa shape index (κ2) is 45.8. The highest BCUT2D eigenvalue weighted by Crippen LogP contribution is 2.23. The van der Waals surface area contributed by atoms with E-state index in [-0.39, 0.29) is 19.2 Å². The Morgan fingerprint density at radius 3 is 1.45 bits per heavy atom. The molecule has 1 aliphatic rings. The Kier molecular flexibility index (Phi) is 42.7. The highest BCUT2D eigenvalue weighted by molar-refractivity contribution is 5.69. The Balaban J connectivity index is 2.20.